The Morgan fingerprint density at radius 1 is 0.882 bits per heavy atom. The number of carbonyl (C=O) groups excluding carboxylic acids is 1. The SMILES string of the molecule is C1CNCCN1.CC(C)(C)OC(=O)C(C)(C)C. The fourth-order valence-corrected chi connectivity index (χ4v) is 1.03. The van der Waals surface area contributed by atoms with Gasteiger partial charge >= 0.3 is 5.97 Å². The van der Waals surface area contributed by atoms with E-state index in [0.717, 1.165) is 26.2 Å². The first kappa shape index (κ1) is 16.4. The minimum Gasteiger partial charge on any atom is -0.460 e. The van der Waals surface area contributed by atoms with Gasteiger partial charge in [0.05, 0.1) is 5.41 Å². The largest absolute Gasteiger partial charge is 0.460 e. The number of hydrogen-bond donors (Lipinski definition) is 2. The molecule has 1 aliphatic heterocycles. The van der Waals surface area contributed by atoms with Crippen LogP contribution in [0.4, 0.5) is 0 Å². The van der Waals surface area contributed by atoms with Crippen molar-refractivity contribution >= 4 is 5.97 Å². The Labute approximate surface area is 105 Å². The maximum absolute atomic E-state index is 11.3. The summed E-state index contributed by atoms with van der Waals surface area (Å²) in [6.07, 6.45) is 0. The number of carbonyl (C=O) groups is 1. The van der Waals surface area contributed by atoms with Crippen molar-refractivity contribution in [3.63, 3.8) is 0 Å². The van der Waals surface area contributed by atoms with Crippen molar-refractivity contribution in [1.82, 2.24) is 10.6 Å². The van der Waals surface area contributed by atoms with Crippen LogP contribution in [0.1, 0.15) is 41.5 Å². The highest BCUT2D eigenvalue weighted by molar-refractivity contribution is 5.75. The molecule has 102 valence electrons. The topological polar surface area (TPSA) is 50.4 Å². The van der Waals surface area contributed by atoms with Crippen LogP contribution in [0.3, 0.4) is 0 Å². The Kier molecular flexibility index (Phi) is 6.72. The maximum atomic E-state index is 11.3. The standard InChI is InChI=1S/C9H18O2.C4H10N2/c1-8(2,3)7(10)11-9(4,5)6;1-2-6-4-3-5-1/h1-6H3;5-6H,1-4H2. The van der Waals surface area contributed by atoms with Crippen molar-refractivity contribution in [2.45, 2.75) is 47.1 Å². The summed E-state index contributed by atoms with van der Waals surface area (Å²) in [6.45, 7) is 15.7. The Balaban J connectivity index is 0.000000354. The van der Waals surface area contributed by atoms with Crippen LogP contribution in [-0.2, 0) is 9.53 Å². The maximum Gasteiger partial charge on any atom is 0.311 e. The molecule has 0 aromatic carbocycles. The van der Waals surface area contributed by atoms with Crippen LogP contribution < -0.4 is 10.6 Å². The number of hydrogen-bond acceptors (Lipinski definition) is 4. The van der Waals surface area contributed by atoms with Crippen molar-refractivity contribution in [3.05, 3.63) is 0 Å². The second-order valence-corrected chi connectivity index (χ2v) is 6.25. The Morgan fingerprint density at radius 2 is 1.24 bits per heavy atom. The van der Waals surface area contributed by atoms with E-state index in [1.807, 2.05) is 41.5 Å². The summed E-state index contributed by atoms with van der Waals surface area (Å²) < 4.78 is 5.16. The summed E-state index contributed by atoms with van der Waals surface area (Å²) >= 11 is 0. The molecule has 0 aromatic heterocycles. The van der Waals surface area contributed by atoms with E-state index in [-0.39, 0.29) is 11.6 Å². The van der Waals surface area contributed by atoms with E-state index in [4.69, 9.17) is 4.74 Å². The summed E-state index contributed by atoms with van der Waals surface area (Å²) in [6, 6.07) is 0. The summed E-state index contributed by atoms with van der Waals surface area (Å²) in [5.41, 5.74) is -0.766. The Morgan fingerprint density at radius 3 is 1.35 bits per heavy atom. The molecule has 0 unspecified atom stereocenters. The third-order valence-electron chi connectivity index (χ3n) is 1.97. The summed E-state index contributed by atoms with van der Waals surface area (Å²) in [4.78, 5) is 11.3. The van der Waals surface area contributed by atoms with Crippen LogP contribution in [0.2, 0.25) is 0 Å². The molecule has 1 heterocycles. The van der Waals surface area contributed by atoms with Crippen LogP contribution in [0, 0.1) is 5.41 Å². The Hall–Kier alpha value is -0.610. The smallest absolute Gasteiger partial charge is 0.311 e. The number of nitrogens with one attached hydrogen (secondary N) is 2. The highest BCUT2D eigenvalue weighted by Crippen LogP contribution is 2.19. The van der Waals surface area contributed by atoms with Gasteiger partial charge in [-0.15, -0.1) is 0 Å². The van der Waals surface area contributed by atoms with Crippen molar-refractivity contribution in [1.29, 1.82) is 0 Å². The van der Waals surface area contributed by atoms with Gasteiger partial charge in [-0.25, -0.2) is 0 Å². The lowest BCUT2D eigenvalue weighted by molar-refractivity contribution is -0.164. The molecular weight excluding hydrogens is 216 g/mol. The molecule has 1 rings (SSSR count). The number of esters is 1. The number of rotatable bonds is 0. The van der Waals surface area contributed by atoms with E-state index in [0.29, 0.717) is 0 Å². The van der Waals surface area contributed by atoms with Gasteiger partial charge in [0, 0.05) is 26.2 Å². The zero-order chi connectivity index (χ0) is 13.5. The average Bonchev–Trinajstić information content (AvgIpc) is 2.17. The molecule has 2 N–H and O–H groups in total. The molecule has 0 aromatic rings. The molecule has 17 heavy (non-hydrogen) atoms. The first-order chi connectivity index (χ1) is 7.63. The van der Waals surface area contributed by atoms with Gasteiger partial charge in [-0.05, 0) is 41.5 Å². The normalized spacial score (nSPS) is 16.8. The van der Waals surface area contributed by atoms with Gasteiger partial charge in [0.1, 0.15) is 5.60 Å². The average molecular weight is 244 g/mol. The summed E-state index contributed by atoms with van der Waals surface area (Å²) in [5, 5.41) is 6.44. The number of ether oxygens (including phenoxy) is 1. The zero-order valence-corrected chi connectivity index (χ0v) is 12.1. The molecule has 0 radical (unpaired) electrons. The van der Waals surface area contributed by atoms with Gasteiger partial charge in [0.2, 0.25) is 0 Å². The van der Waals surface area contributed by atoms with Crippen molar-refractivity contribution in [2.75, 3.05) is 26.2 Å². The van der Waals surface area contributed by atoms with Gasteiger partial charge < -0.3 is 15.4 Å². The van der Waals surface area contributed by atoms with Crippen molar-refractivity contribution in [2.24, 2.45) is 5.41 Å². The summed E-state index contributed by atoms with van der Waals surface area (Å²) in [7, 11) is 0. The molecule has 4 nitrogen and oxygen atoms in total. The van der Waals surface area contributed by atoms with Crippen LogP contribution in [-0.4, -0.2) is 37.7 Å². The quantitative estimate of drug-likeness (QED) is 0.635. The van der Waals surface area contributed by atoms with Crippen LogP contribution >= 0.6 is 0 Å². The minimum absolute atomic E-state index is 0.148. The van der Waals surface area contributed by atoms with Crippen molar-refractivity contribution < 1.29 is 9.53 Å². The first-order valence-electron chi connectivity index (χ1n) is 6.28. The van der Waals surface area contributed by atoms with E-state index < -0.39 is 5.41 Å². The van der Waals surface area contributed by atoms with Gasteiger partial charge in [0.25, 0.3) is 0 Å². The van der Waals surface area contributed by atoms with E-state index in [1.54, 1.807) is 0 Å². The van der Waals surface area contributed by atoms with Gasteiger partial charge in [0.15, 0.2) is 0 Å². The zero-order valence-electron chi connectivity index (χ0n) is 12.1. The lowest BCUT2D eigenvalue weighted by Crippen LogP contribution is -2.39. The second kappa shape index (κ2) is 6.97. The predicted molar refractivity (Wildman–Crippen MR) is 71.0 cm³/mol. The van der Waals surface area contributed by atoms with Crippen molar-refractivity contribution in [3.8, 4) is 0 Å². The Bertz CT molecular complexity index is 211. The second-order valence-electron chi connectivity index (χ2n) is 6.25. The van der Waals surface area contributed by atoms with Gasteiger partial charge in [-0.1, -0.05) is 0 Å². The molecule has 0 aliphatic carbocycles. The molecule has 0 atom stereocenters. The molecule has 1 aliphatic rings. The molecule has 0 bridgehead atoms. The molecule has 0 amide bonds. The van der Waals surface area contributed by atoms with Crippen LogP contribution in [0.5, 0.6) is 0 Å². The fraction of sp³-hybridized carbons (Fsp3) is 0.923. The molecule has 0 spiro atoms. The van der Waals surface area contributed by atoms with E-state index >= 15 is 0 Å². The third kappa shape index (κ3) is 10.3. The van der Waals surface area contributed by atoms with E-state index in [9.17, 15) is 4.79 Å². The van der Waals surface area contributed by atoms with Gasteiger partial charge in [-0.2, -0.15) is 0 Å². The monoisotopic (exact) mass is 244 g/mol. The molecular formula is C13H28N2O2. The molecule has 1 saturated heterocycles. The fourth-order valence-electron chi connectivity index (χ4n) is 1.03. The predicted octanol–water partition coefficient (Wildman–Crippen LogP) is 1.55. The minimum atomic E-state index is -0.396. The molecule has 1 fully saturated rings. The van der Waals surface area contributed by atoms with Crippen LogP contribution in [0.15, 0.2) is 0 Å². The lowest BCUT2D eigenvalue weighted by Gasteiger charge is -2.25. The third-order valence-corrected chi connectivity index (χ3v) is 1.97. The summed E-state index contributed by atoms with van der Waals surface area (Å²) in [5.74, 6) is -0.148. The molecule has 0 saturated carbocycles. The first-order valence-corrected chi connectivity index (χ1v) is 6.28. The number of piperazine rings is 1. The van der Waals surface area contributed by atoms with E-state index in [1.165, 1.54) is 0 Å². The molecule has 4 heteroatoms. The van der Waals surface area contributed by atoms with Gasteiger partial charge in [-0.3, -0.25) is 4.79 Å². The highest BCUT2D eigenvalue weighted by Gasteiger charge is 2.27. The highest BCUT2D eigenvalue weighted by atomic mass is 16.6. The van der Waals surface area contributed by atoms with Crippen LogP contribution in [0.25, 0.3) is 0 Å². The lowest BCUT2D eigenvalue weighted by atomic mass is 9.97. The van der Waals surface area contributed by atoms with E-state index in [2.05, 4.69) is 10.6 Å².